The van der Waals surface area contributed by atoms with Gasteiger partial charge in [-0.3, -0.25) is 4.79 Å². The second-order valence-electron chi connectivity index (χ2n) is 6.85. The molecule has 0 amide bonds. The number of carbonyl (C=O) groups excluding carboxylic acids is 1. The first-order valence-electron chi connectivity index (χ1n) is 8.33. The molecule has 0 saturated heterocycles. The fourth-order valence-electron chi connectivity index (χ4n) is 2.87. The largest absolute Gasteiger partial charge is 0.512 e. The third kappa shape index (κ3) is 6.05. The number of rotatable bonds is 2. The van der Waals surface area contributed by atoms with E-state index in [-0.39, 0.29) is 37.1 Å². The molecule has 0 unspecified atom stereocenters. The van der Waals surface area contributed by atoms with Crippen LogP contribution in [0.2, 0.25) is 0 Å². The average Bonchev–Trinajstić information content (AvgIpc) is 2.53. The van der Waals surface area contributed by atoms with Crippen LogP contribution in [0.1, 0.15) is 38.8 Å². The van der Waals surface area contributed by atoms with Gasteiger partial charge in [0.2, 0.25) is 0 Å². The Morgan fingerprint density at radius 1 is 1.15 bits per heavy atom. The van der Waals surface area contributed by atoms with Gasteiger partial charge in [-0.25, -0.2) is 0 Å². The van der Waals surface area contributed by atoms with E-state index in [4.69, 9.17) is 14.9 Å². The summed E-state index contributed by atoms with van der Waals surface area (Å²) >= 11 is 0. The molecule has 0 aromatic heterocycles. The van der Waals surface area contributed by atoms with Gasteiger partial charge in [0.15, 0.2) is 0 Å². The Morgan fingerprint density at radius 2 is 1.81 bits per heavy atom. The number of aliphatic hydroxyl groups is 1. The fraction of sp³-hybridized carbons (Fsp3) is 0.273. The smallest absolute Gasteiger partial charge is 0.316 e. The Morgan fingerprint density at radius 3 is 2.35 bits per heavy atom. The van der Waals surface area contributed by atoms with E-state index in [9.17, 15) is 0 Å². The summed E-state index contributed by atoms with van der Waals surface area (Å²) in [7, 11) is 0. The summed E-state index contributed by atoms with van der Waals surface area (Å²) in [4.78, 5) is 13.3. The summed E-state index contributed by atoms with van der Waals surface area (Å²) < 4.78 is 0. The van der Waals surface area contributed by atoms with Gasteiger partial charge in [0, 0.05) is 20.1 Å². The standard InChI is InChI=1S/C17H16N.C5H8O2.Ir/c1-17(2)12-14-10-6-7-11-15(14)18-16(17)13-8-4-3-5-9-13;1-4(6)3-5(2)7;/h3-8,10-11H,12H2,1-2H3;3,6H,1-2H3;/q-1;;/p+1/b;4-3-;. The molecule has 0 spiro atoms. The zero-order chi connectivity index (χ0) is 18.4. The zero-order valence-electron chi connectivity index (χ0n) is 15.6. The topological polar surface area (TPSA) is 54.0 Å². The van der Waals surface area contributed by atoms with Crippen molar-refractivity contribution in [2.24, 2.45) is 10.4 Å². The number of hydrogen-bond donors (Lipinski definition) is 1. The first-order valence-corrected chi connectivity index (χ1v) is 8.33. The molecule has 1 heterocycles. The molecule has 3 rings (SSSR count). The molecule has 0 saturated carbocycles. The van der Waals surface area contributed by atoms with Crippen molar-refractivity contribution in [3.63, 3.8) is 0 Å². The maximum Gasteiger partial charge on any atom is 0.316 e. The number of nitrogens with zero attached hydrogens (tertiary/aromatic N) is 1. The molecule has 4 heteroatoms. The monoisotopic (exact) mass is 528 g/mol. The van der Waals surface area contributed by atoms with E-state index in [1.54, 1.807) is 0 Å². The SMILES string of the molecule is CC(=[OH+])/C=C(/C)O.CC1(C)Cc2ccccc2N=C1c1[c-]cccc1.[Ir]. The predicted octanol–water partition coefficient (Wildman–Crippen LogP) is 5.20. The van der Waals surface area contributed by atoms with Gasteiger partial charge in [-0.15, -0.1) is 35.9 Å². The van der Waals surface area contributed by atoms with Gasteiger partial charge in [-0.05, 0) is 36.1 Å². The van der Waals surface area contributed by atoms with Crippen molar-refractivity contribution in [2.75, 3.05) is 0 Å². The molecule has 2 N–H and O–H groups in total. The van der Waals surface area contributed by atoms with Crippen LogP contribution in [0.3, 0.4) is 0 Å². The van der Waals surface area contributed by atoms with Crippen LogP contribution in [0.4, 0.5) is 5.69 Å². The van der Waals surface area contributed by atoms with Crippen LogP contribution in [0.15, 0.2) is 65.4 Å². The Hall–Kier alpha value is -2.03. The molecule has 26 heavy (non-hydrogen) atoms. The number of aliphatic imine (C=N–C) groups is 1. The van der Waals surface area contributed by atoms with Crippen molar-refractivity contribution in [2.45, 2.75) is 34.1 Å². The van der Waals surface area contributed by atoms with Crippen molar-refractivity contribution in [1.82, 2.24) is 0 Å². The number of para-hydroxylation sites is 1. The summed E-state index contributed by atoms with van der Waals surface area (Å²) in [5.41, 5.74) is 4.75. The summed E-state index contributed by atoms with van der Waals surface area (Å²) in [6.45, 7) is 7.50. The fourth-order valence-corrected chi connectivity index (χ4v) is 2.87. The van der Waals surface area contributed by atoms with Gasteiger partial charge < -0.3 is 10.1 Å². The van der Waals surface area contributed by atoms with Gasteiger partial charge >= 0.3 is 5.78 Å². The molecule has 1 aliphatic heterocycles. The molecule has 139 valence electrons. The van der Waals surface area contributed by atoms with Gasteiger partial charge in [0.05, 0.1) is 24.4 Å². The van der Waals surface area contributed by atoms with Crippen LogP contribution in [0, 0.1) is 11.5 Å². The Balaban J connectivity index is 0.000000366. The zero-order valence-corrected chi connectivity index (χ0v) is 18.0. The molecular formula is C22H25IrNO2. The van der Waals surface area contributed by atoms with Crippen LogP contribution >= 0.6 is 0 Å². The van der Waals surface area contributed by atoms with Gasteiger partial charge in [-0.2, -0.15) is 0 Å². The normalized spacial score (nSPS) is 14.8. The molecule has 3 nitrogen and oxygen atoms in total. The summed E-state index contributed by atoms with van der Waals surface area (Å²) in [5.74, 6) is 0.250. The van der Waals surface area contributed by atoms with Crippen molar-refractivity contribution in [1.29, 1.82) is 0 Å². The van der Waals surface area contributed by atoms with Crippen LogP contribution in [-0.2, 0) is 26.5 Å². The van der Waals surface area contributed by atoms with Crippen molar-refractivity contribution < 1.29 is 30.0 Å². The molecular weight excluding hydrogens is 502 g/mol. The number of benzene rings is 2. The molecule has 2 aromatic rings. The molecule has 1 radical (unpaired) electrons. The Bertz CT molecular complexity index is 804. The third-order valence-electron chi connectivity index (χ3n) is 3.88. The number of fused-ring (bicyclic) bond motifs is 1. The van der Waals surface area contributed by atoms with E-state index in [0.717, 1.165) is 23.4 Å². The number of aliphatic hydroxyl groups excluding tert-OH is 1. The first-order chi connectivity index (χ1) is 11.8. The van der Waals surface area contributed by atoms with Crippen LogP contribution in [0.5, 0.6) is 0 Å². The second kappa shape index (κ2) is 9.61. The minimum Gasteiger partial charge on any atom is -0.512 e. The van der Waals surface area contributed by atoms with Crippen molar-refractivity contribution in [3.8, 4) is 0 Å². The van der Waals surface area contributed by atoms with E-state index < -0.39 is 0 Å². The van der Waals surface area contributed by atoms with Gasteiger partial charge in [0.25, 0.3) is 0 Å². The second-order valence-corrected chi connectivity index (χ2v) is 6.85. The number of allylic oxidation sites excluding steroid dienone is 2. The van der Waals surface area contributed by atoms with Crippen LogP contribution in [-0.4, -0.2) is 21.4 Å². The van der Waals surface area contributed by atoms with E-state index in [1.807, 2.05) is 24.3 Å². The molecule has 1 aliphatic rings. The predicted molar refractivity (Wildman–Crippen MR) is 104 cm³/mol. The van der Waals surface area contributed by atoms with Crippen LogP contribution < -0.4 is 0 Å². The maximum absolute atomic E-state index is 8.40. The summed E-state index contributed by atoms with van der Waals surface area (Å²) in [5, 5.41) is 8.40. The van der Waals surface area contributed by atoms with E-state index in [2.05, 4.69) is 44.2 Å². The third-order valence-corrected chi connectivity index (χ3v) is 3.88. The van der Waals surface area contributed by atoms with E-state index in [1.165, 1.54) is 25.5 Å². The number of hydrogen-bond acceptors (Lipinski definition) is 2. The van der Waals surface area contributed by atoms with Crippen molar-refractivity contribution >= 4 is 17.2 Å². The Kier molecular flexibility index (Phi) is 8.13. The molecule has 0 atom stereocenters. The maximum atomic E-state index is 8.40. The van der Waals surface area contributed by atoms with Gasteiger partial charge in [-0.1, -0.05) is 32.0 Å². The van der Waals surface area contributed by atoms with E-state index >= 15 is 0 Å². The molecule has 2 aromatic carbocycles. The minimum absolute atomic E-state index is 0. The Labute approximate surface area is 169 Å². The first kappa shape index (κ1) is 22.0. The summed E-state index contributed by atoms with van der Waals surface area (Å²) in [6.07, 6.45) is 2.31. The molecule has 0 aliphatic carbocycles. The average molecular weight is 528 g/mol. The molecule has 0 fully saturated rings. The molecule has 0 bridgehead atoms. The quantitative estimate of drug-likeness (QED) is 0.248. The van der Waals surface area contributed by atoms with E-state index in [0.29, 0.717) is 0 Å². The minimum atomic E-state index is 0. The summed E-state index contributed by atoms with van der Waals surface area (Å²) in [6, 6.07) is 19.8. The van der Waals surface area contributed by atoms with Gasteiger partial charge in [0.1, 0.15) is 0 Å². The number of ketones is 1. The van der Waals surface area contributed by atoms with Crippen LogP contribution in [0.25, 0.3) is 0 Å². The van der Waals surface area contributed by atoms with Crippen molar-refractivity contribution in [3.05, 3.63) is 77.6 Å².